The molecule has 2 heterocycles. The molecule has 1 aliphatic carbocycles. The third-order valence-corrected chi connectivity index (χ3v) is 5.60. The van der Waals surface area contributed by atoms with Crippen LogP contribution in [0.2, 0.25) is 0 Å². The molecular weight excluding hydrogens is 400 g/mol. The van der Waals surface area contributed by atoms with E-state index in [0.29, 0.717) is 23.8 Å². The monoisotopic (exact) mass is 424 g/mol. The minimum atomic E-state index is -0.167. The summed E-state index contributed by atoms with van der Waals surface area (Å²) >= 11 is 0. The van der Waals surface area contributed by atoms with Crippen molar-refractivity contribution in [2.24, 2.45) is 0 Å². The molecule has 0 radical (unpaired) electrons. The van der Waals surface area contributed by atoms with Crippen LogP contribution in [0.1, 0.15) is 46.1 Å². The van der Waals surface area contributed by atoms with Crippen LogP contribution in [0.5, 0.6) is 5.75 Å². The highest BCUT2D eigenvalue weighted by Crippen LogP contribution is 2.39. The number of rotatable bonds is 7. The molecule has 2 aromatic carbocycles. The van der Waals surface area contributed by atoms with Crippen LogP contribution in [0.25, 0.3) is 11.4 Å². The molecule has 6 heteroatoms. The van der Waals surface area contributed by atoms with E-state index < -0.39 is 0 Å². The lowest BCUT2D eigenvalue weighted by Gasteiger charge is -2.11. The number of aryl methyl sites for hydroxylation is 1. The molecule has 1 saturated carbocycles. The number of hydrogen-bond donors (Lipinski definition) is 2. The maximum Gasteiger partial charge on any atom is 0.255 e. The second-order valence-electron chi connectivity index (χ2n) is 8.08. The van der Waals surface area contributed by atoms with E-state index in [1.807, 2.05) is 49.5 Å². The molecule has 0 unspecified atom stereocenters. The maximum absolute atomic E-state index is 12.8. The van der Waals surface area contributed by atoms with Gasteiger partial charge in [-0.3, -0.25) is 9.78 Å². The number of imidazole rings is 1. The van der Waals surface area contributed by atoms with Crippen molar-refractivity contribution in [3.63, 3.8) is 0 Å². The van der Waals surface area contributed by atoms with Crippen molar-refractivity contribution in [1.82, 2.24) is 15.0 Å². The smallest absolute Gasteiger partial charge is 0.255 e. The first kappa shape index (κ1) is 20.0. The Balaban J connectivity index is 1.25. The third-order valence-electron chi connectivity index (χ3n) is 5.60. The summed E-state index contributed by atoms with van der Waals surface area (Å²) in [7, 11) is 0. The number of H-pyrrole nitrogens is 1. The molecule has 0 bridgehead atoms. The normalized spacial score (nSPS) is 13.0. The molecule has 5 rings (SSSR count). The second kappa shape index (κ2) is 8.67. The van der Waals surface area contributed by atoms with E-state index in [1.54, 1.807) is 30.5 Å². The molecule has 0 aliphatic heterocycles. The van der Waals surface area contributed by atoms with Crippen LogP contribution < -0.4 is 10.1 Å². The fraction of sp³-hybridized carbons (Fsp3) is 0.192. The SMILES string of the molecule is Cc1ccc(-c2ncc(C3CC3)[nH]2)cc1NC(=O)c1ccc(OCc2ccccn2)cc1. The molecule has 0 spiro atoms. The number of amides is 1. The first-order valence-corrected chi connectivity index (χ1v) is 10.8. The largest absolute Gasteiger partial charge is 0.487 e. The molecule has 2 N–H and O–H groups in total. The standard InChI is InChI=1S/C26H24N4O2/c1-17-5-6-20(25-28-15-24(29-25)18-7-8-18)14-23(17)30-26(31)19-9-11-22(12-10-19)32-16-21-4-2-3-13-27-21/h2-6,9-15,18H,7-8,16H2,1H3,(H,28,29)(H,30,31). The van der Waals surface area contributed by atoms with Crippen LogP contribution in [0.3, 0.4) is 0 Å². The van der Waals surface area contributed by atoms with E-state index in [-0.39, 0.29) is 5.91 Å². The molecule has 4 aromatic rings. The quantitative estimate of drug-likeness (QED) is 0.411. The predicted molar refractivity (Wildman–Crippen MR) is 124 cm³/mol. The van der Waals surface area contributed by atoms with Crippen LogP contribution in [0.15, 0.2) is 73.1 Å². The van der Waals surface area contributed by atoms with Crippen LogP contribution in [0.4, 0.5) is 5.69 Å². The summed E-state index contributed by atoms with van der Waals surface area (Å²) in [5.41, 5.74) is 5.32. The number of aromatic nitrogens is 3. The molecule has 1 fully saturated rings. The highest BCUT2D eigenvalue weighted by molar-refractivity contribution is 6.05. The summed E-state index contributed by atoms with van der Waals surface area (Å²) in [5.74, 6) is 1.97. The van der Waals surface area contributed by atoms with Crippen molar-refractivity contribution in [1.29, 1.82) is 0 Å². The number of hydrogen-bond acceptors (Lipinski definition) is 4. The zero-order chi connectivity index (χ0) is 21.9. The molecular formula is C26H24N4O2. The Morgan fingerprint density at radius 1 is 1.09 bits per heavy atom. The fourth-order valence-corrected chi connectivity index (χ4v) is 3.53. The van der Waals surface area contributed by atoms with E-state index in [0.717, 1.165) is 28.3 Å². The number of pyridine rings is 1. The van der Waals surface area contributed by atoms with Crippen molar-refractivity contribution < 1.29 is 9.53 Å². The number of aromatic amines is 1. The Labute approximate surface area is 186 Å². The van der Waals surface area contributed by atoms with Gasteiger partial charge in [-0.25, -0.2) is 4.98 Å². The number of nitrogens with zero attached hydrogens (tertiary/aromatic N) is 2. The lowest BCUT2D eigenvalue weighted by molar-refractivity contribution is 0.102. The van der Waals surface area contributed by atoms with Gasteiger partial charge in [-0.2, -0.15) is 0 Å². The summed E-state index contributed by atoms with van der Waals surface area (Å²) in [6.07, 6.45) is 6.11. The van der Waals surface area contributed by atoms with Gasteiger partial charge in [-0.05, 0) is 67.8 Å². The van der Waals surface area contributed by atoms with Crippen LogP contribution in [-0.4, -0.2) is 20.9 Å². The number of ether oxygens (including phenoxy) is 1. The Morgan fingerprint density at radius 3 is 2.69 bits per heavy atom. The van der Waals surface area contributed by atoms with Gasteiger partial charge in [0.2, 0.25) is 0 Å². The average Bonchev–Trinajstić information content (AvgIpc) is 3.56. The van der Waals surface area contributed by atoms with E-state index >= 15 is 0 Å². The molecule has 1 amide bonds. The lowest BCUT2D eigenvalue weighted by atomic mass is 10.1. The van der Waals surface area contributed by atoms with Crippen molar-refractivity contribution >= 4 is 11.6 Å². The Kier molecular flexibility index (Phi) is 5.42. The van der Waals surface area contributed by atoms with Gasteiger partial charge in [0.1, 0.15) is 18.2 Å². The van der Waals surface area contributed by atoms with E-state index in [4.69, 9.17) is 4.74 Å². The number of benzene rings is 2. The van der Waals surface area contributed by atoms with Gasteiger partial charge >= 0.3 is 0 Å². The maximum atomic E-state index is 12.8. The van der Waals surface area contributed by atoms with Crippen molar-refractivity contribution in [3.8, 4) is 17.1 Å². The second-order valence-corrected chi connectivity index (χ2v) is 8.08. The minimum Gasteiger partial charge on any atom is -0.487 e. The minimum absolute atomic E-state index is 0.167. The molecule has 2 aromatic heterocycles. The first-order chi connectivity index (χ1) is 15.7. The van der Waals surface area contributed by atoms with Crippen molar-refractivity contribution in [3.05, 3.63) is 95.6 Å². The van der Waals surface area contributed by atoms with Gasteiger partial charge in [0.05, 0.1) is 5.69 Å². The Morgan fingerprint density at radius 2 is 1.94 bits per heavy atom. The van der Waals surface area contributed by atoms with Gasteiger partial charge in [0.15, 0.2) is 0 Å². The third kappa shape index (κ3) is 4.54. The summed E-state index contributed by atoms with van der Waals surface area (Å²) in [4.78, 5) is 25.0. The lowest BCUT2D eigenvalue weighted by Crippen LogP contribution is -2.12. The molecule has 160 valence electrons. The topological polar surface area (TPSA) is 79.9 Å². The fourth-order valence-electron chi connectivity index (χ4n) is 3.53. The van der Waals surface area contributed by atoms with Gasteiger partial charge in [-0.1, -0.05) is 18.2 Å². The Hall–Kier alpha value is -3.93. The predicted octanol–water partition coefficient (Wildman–Crippen LogP) is 5.49. The molecule has 6 nitrogen and oxygen atoms in total. The zero-order valence-corrected chi connectivity index (χ0v) is 17.8. The summed E-state index contributed by atoms with van der Waals surface area (Å²) in [6, 6.07) is 18.8. The van der Waals surface area contributed by atoms with E-state index in [1.165, 1.54) is 18.5 Å². The van der Waals surface area contributed by atoms with Gasteiger partial charge in [0.25, 0.3) is 5.91 Å². The summed E-state index contributed by atoms with van der Waals surface area (Å²) in [5, 5.41) is 3.02. The van der Waals surface area contributed by atoms with E-state index in [9.17, 15) is 4.79 Å². The van der Waals surface area contributed by atoms with Gasteiger partial charge in [0, 0.05) is 40.8 Å². The zero-order valence-electron chi connectivity index (χ0n) is 17.8. The Bertz CT molecular complexity index is 1230. The highest BCUT2D eigenvalue weighted by atomic mass is 16.5. The molecule has 32 heavy (non-hydrogen) atoms. The van der Waals surface area contributed by atoms with Crippen LogP contribution >= 0.6 is 0 Å². The summed E-state index contributed by atoms with van der Waals surface area (Å²) < 4.78 is 5.75. The number of carbonyl (C=O) groups excluding carboxylic acids is 1. The summed E-state index contributed by atoms with van der Waals surface area (Å²) in [6.45, 7) is 2.36. The highest BCUT2D eigenvalue weighted by Gasteiger charge is 2.25. The van der Waals surface area contributed by atoms with Crippen molar-refractivity contribution in [2.45, 2.75) is 32.3 Å². The van der Waals surface area contributed by atoms with E-state index in [2.05, 4.69) is 20.3 Å². The number of carbonyl (C=O) groups is 1. The first-order valence-electron chi connectivity index (χ1n) is 10.8. The molecule has 0 saturated heterocycles. The van der Waals surface area contributed by atoms with Crippen LogP contribution in [-0.2, 0) is 6.61 Å². The number of nitrogens with one attached hydrogen (secondary N) is 2. The average molecular weight is 425 g/mol. The van der Waals surface area contributed by atoms with Crippen molar-refractivity contribution in [2.75, 3.05) is 5.32 Å². The van der Waals surface area contributed by atoms with Gasteiger partial charge < -0.3 is 15.0 Å². The molecule has 0 atom stereocenters. The van der Waals surface area contributed by atoms with Gasteiger partial charge in [-0.15, -0.1) is 0 Å². The molecule has 1 aliphatic rings. The van der Waals surface area contributed by atoms with Crippen LogP contribution in [0, 0.1) is 6.92 Å². The number of anilines is 1.